The van der Waals surface area contributed by atoms with E-state index in [1.54, 1.807) is 36.4 Å². The first-order valence-electron chi connectivity index (χ1n) is 8.03. The molecule has 0 spiro atoms. The molecule has 27 heavy (non-hydrogen) atoms. The third kappa shape index (κ3) is 4.79. The van der Waals surface area contributed by atoms with E-state index in [1.165, 1.54) is 18.3 Å². The van der Waals surface area contributed by atoms with Gasteiger partial charge >= 0.3 is 6.03 Å². The highest BCUT2D eigenvalue weighted by molar-refractivity contribution is 5.90. The molecule has 0 radical (unpaired) electrons. The van der Waals surface area contributed by atoms with Crippen molar-refractivity contribution in [2.45, 2.75) is 6.92 Å². The molecule has 1 heterocycles. The number of aryl methyl sites for hydroxylation is 1. The van der Waals surface area contributed by atoms with Crippen LogP contribution in [0.2, 0.25) is 0 Å². The molecule has 0 bridgehead atoms. The van der Waals surface area contributed by atoms with Crippen LogP contribution in [-0.2, 0) is 0 Å². The van der Waals surface area contributed by atoms with Crippen molar-refractivity contribution in [2.75, 3.05) is 5.32 Å². The van der Waals surface area contributed by atoms with Crippen LogP contribution in [0.1, 0.15) is 11.3 Å². The molecule has 8 nitrogen and oxygen atoms in total. The highest BCUT2D eigenvalue weighted by Gasteiger charge is 2.08. The SMILES string of the molecule is Cc1ccc(NC(=O)N/N=C/c2ccc(-c3ccc([N+](=O)[O-])cc3)o2)cc1. The Kier molecular flexibility index (Phi) is 5.27. The number of rotatable bonds is 5. The molecule has 8 heteroatoms. The topological polar surface area (TPSA) is 110 Å². The number of nitro benzene ring substituents is 1. The maximum atomic E-state index is 11.8. The number of nitro groups is 1. The Hall–Kier alpha value is -3.94. The van der Waals surface area contributed by atoms with Gasteiger partial charge in [0.2, 0.25) is 0 Å². The van der Waals surface area contributed by atoms with Gasteiger partial charge in [-0.25, -0.2) is 10.2 Å². The number of furan rings is 1. The predicted molar refractivity (Wildman–Crippen MR) is 102 cm³/mol. The Bertz CT molecular complexity index is 976. The Balaban J connectivity index is 1.57. The van der Waals surface area contributed by atoms with E-state index in [-0.39, 0.29) is 5.69 Å². The molecule has 2 N–H and O–H groups in total. The molecule has 0 saturated carbocycles. The average molecular weight is 364 g/mol. The Morgan fingerprint density at radius 3 is 2.44 bits per heavy atom. The molecule has 0 atom stereocenters. The van der Waals surface area contributed by atoms with E-state index in [9.17, 15) is 14.9 Å². The molecule has 1 aromatic heterocycles. The number of anilines is 1. The second-order valence-electron chi connectivity index (χ2n) is 5.70. The van der Waals surface area contributed by atoms with Crippen molar-refractivity contribution < 1.29 is 14.1 Å². The summed E-state index contributed by atoms with van der Waals surface area (Å²) >= 11 is 0. The van der Waals surface area contributed by atoms with Gasteiger partial charge in [0.05, 0.1) is 11.1 Å². The molecule has 0 aliphatic carbocycles. The standard InChI is InChI=1S/C19H16N4O4/c1-13-2-6-15(7-3-13)21-19(24)22-20-12-17-10-11-18(27-17)14-4-8-16(9-5-14)23(25)26/h2-12H,1H3,(H2,21,22,24)/b20-12+. The minimum absolute atomic E-state index is 0.0101. The van der Waals surface area contributed by atoms with E-state index in [0.29, 0.717) is 22.8 Å². The summed E-state index contributed by atoms with van der Waals surface area (Å²) in [5.41, 5.74) is 4.81. The van der Waals surface area contributed by atoms with Crippen LogP contribution in [0.3, 0.4) is 0 Å². The van der Waals surface area contributed by atoms with Crippen LogP contribution in [0.4, 0.5) is 16.2 Å². The van der Waals surface area contributed by atoms with Gasteiger partial charge in [0, 0.05) is 23.4 Å². The summed E-state index contributed by atoms with van der Waals surface area (Å²) in [6.07, 6.45) is 1.36. The molecule has 2 aromatic carbocycles. The summed E-state index contributed by atoms with van der Waals surface area (Å²) < 4.78 is 5.59. The Morgan fingerprint density at radius 2 is 1.78 bits per heavy atom. The Morgan fingerprint density at radius 1 is 1.07 bits per heavy atom. The van der Waals surface area contributed by atoms with Gasteiger partial charge in [-0.3, -0.25) is 10.1 Å². The lowest BCUT2D eigenvalue weighted by Gasteiger charge is -2.03. The summed E-state index contributed by atoms with van der Waals surface area (Å²) in [6.45, 7) is 1.96. The molecule has 0 aliphatic rings. The molecule has 0 unspecified atom stereocenters. The van der Waals surface area contributed by atoms with E-state index in [1.807, 2.05) is 19.1 Å². The van der Waals surface area contributed by atoms with Crippen molar-refractivity contribution in [2.24, 2.45) is 5.10 Å². The van der Waals surface area contributed by atoms with E-state index >= 15 is 0 Å². The molecule has 0 fully saturated rings. The first-order valence-corrected chi connectivity index (χ1v) is 8.03. The number of hydrogen-bond acceptors (Lipinski definition) is 5. The van der Waals surface area contributed by atoms with Crippen LogP contribution in [0.25, 0.3) is 11.3 Å². The van der Waals surface area contributed by atoms with Gasteiger partial charge in [-0.2, -0.15) is 5.10 Å². The molecule has 0 saturated heterocycles. The summed E-state index contributed by atoms with van der Waals surface area (Å²) in [5.74, 6) is 0.967. The van der Waals surface area contributed by atoms with Gasteiger partial charge in [-0.05, 0) is 43.3 Å². The van der Waals surface area contributed by atoms with Crippen molar-refractivity contribution in [3.05, 3.63) is 82.1 Å². The maximum absolute atomic E-state index is 11.8. The number of nitrogens with one attached hydrogen (secondary N) is 2. The van der Waals surface area contributed by atoms with E-state index in [2.05, 4.69) is 15.8 Å². The molecular weight excluding hydrogens is 348 g/mol. The fourth-order valence-corrected chi connectivity index (χ4v) is 2.28. The minimum Gasteiger partial charge on any atom is -0.455 e. The zero-order chi connectivity index (χ0) is 19.2. The summed E-state index contributed by atoms with van der Waals surface area (Å²) in [7, 11) is 0. The second kappa shape index (κ2) is 7.96. The molecule has 3 rings (SSSR count). The molecule has 3 aromatic rings. The number of carbonyl (C=O) groups is 1. The van der Waals surface area contributed by atoms with Gasteiger partial charge in [-0.15, -0.1) is 0 Å². The number of benzene rings is 2. The summed E-state index contributed by atoms with van der Waals surface area (Å²) in [5, 5.41) is 17.2. The highest BCUT2D eigenvalue weighted by atomic mass is 16.6. The predicted octanol–water partition coefficient (Wildman–Crippen LogP) is 4.32. The fourth-order valence-electron chi connectivity index (χ4n) is 2.28. The van der Waals surface area contributed by atoms with E-state index < -0.39 is 11.0 Å². The number of hydrogen-bond donors (Lipinski definition) is 2. The van der Waals surface area contributed by atoms with E-state index in [4.69, 9.17) is 4.42 Å². The van der Waals surface area contributed by atoms with Gasteiger partial charge in [0.25, 0.3) is 5.69 Å². The number of nitrogens with zero attached hydrogens (tertiary/aromatic N) is 2. The van der Waals surface area contributed by atoms with E-state index in [0.717, 1.165) is 5.56 Å². The van der Waals surface area contributed by atoms with Crippen molar-refractivity contribution in [1.82, 2.24) is 5.43 Å². The lowest BCUT2D eigenvalue weighted by molar-refractivity contribution is -0.384. The number of carbonyl (C=O) groups excluding carboxylic acids is 1. The monoisotopic (exact) mass is 364 g/mol. The number of amides is 2. The first-order chi connectivity index (χ1) is 13.0. The van der Waals surface area contributed by atoms with Crippen molar-refractivity contribution in [3.8, 4) is 11.3 Å². The van der Waals surface area contributed by atoms with Gasteiger partial charge < -0.3 is 9.73 Å². The third-order valence-corrected chi connectivity index (χ3v) is 3.66. The molecule has 0 aliphatic heterocycles. The lowest BCUT2D eigenvalue weighted by atomic mass is 10.1. The highest BCUT2D eigenvalue weighted by Crippen LogP contribution is 2.23. The van der Waals surface area contributed by atoms with Crippen molar-refractivity contribution >= 4 is 23.6 Å². The van der Waals surface area contributed by atoms with Crippen LogP contribution in [0.5, 0.6) is 0 Å². The molecule has 2 amide bonds. The number of hydrazone groups is 1. The zero-order valence-electron chi connectivity index (χ0n) is 14.4. The van der Waals surface area contributed by atoms with Crippen molar-refractivity contribution in [3.63, 3.8) is 0 Å². The van der Waals surface area contributed by atoms with Gasteiger partial charge in [-0.1, -0.05) is 17.7 Å². The molecular formula is C19H16N4O4. The van der Waals surface area contributed by atoms with Gasteiger partial charge in [0.1, 0.15) is 11.5 Å². The first kappa shape index (κ1) is 17.9. The number of urea groups is 1. The van der Waals surface area contributed by atoms with Crippen LogP contribution in [-0.4, -0.2) is 17.2 Å². The smallest absolute Gasteiger partial charge is 0.339 e. The quantitative estimate of drug-likeness (QED) is 0.399. The van der Waals surface area contributed by atoms with Crippen molar-refractivity contribution in [1.29, 1.82) is 0 Å². The van der Waals surface area contributed by atoms with Crippen LogP contribution >= 0.6 is 0 Å². The second-order valence-corrected chi connectivity index (χ2v) is 5.70. The summed E-state index contributed by atoms with van der Waals surface area (Å²) in [6, 6.07) is 16.3. The van der Waals surface area contributed by atoms with Gasteiger partial charge in [0.15, 0.2) is 0 Å². The Labute approximate surface area is 154 Å². The van der Waals surface area contributed by atoms with Crippen LogP contribution in [0, 0.1) is 17.0 Å². The number of non-ortho nitro benzene ring substituents is 1. The lowest BCUT2D eigenvalue weighted by Crippen LogP contribution is -2.24. The van der Waals surface area contributed by atoms with Crippen LogP contribution < -0.4 is 10.7 Å². The largest absolute Gasteiger partial charge is 0.455 e. The molecule has 136 valence electrons. The normalized spacial score (nSPS) is 10.7. The summed E-state index contributed by atoms with van der Waals surface area (Å²) in [4.78, 5) is 22.0. The average Bonchev–Trinajstić information content (AvgIpc) is 3.12. The zero-order valence-corrected chi connectivity index (χ0v) is 14.4. The maximum Gasteiger partial charge on any atom is 0.339 e. The fraction of sp³-hybridized carbons (Fsp3) is 0.0526. The minimum atomic E-state index is -0.475. The third-order valence-electron chi connectivity index (χ3n) is 3.66. The van der Waals surface area contributed by atoms with Crippen LogP contribution in [0.15, 0.2) is 70.2 Å².